The average Bonchev–Trinajstić information content (AvgIpc) is 3.34. The van der Waals surface area contributed by atoms with Crippen molar-refractivity contribution in [3.63, 3.8) is 0 Å². The molecule has 2 aliphatic rings. The second kappa shape index (κ2) is 8.15. The van der Waals surface area contributed by atoms with Gasteiger partial charge in [-0.2, -0.15) is 5.10 Å². The molecular weight excluding hydrogens is 462 g/mol. The number of aryl methyl sites for hydroxylation is 1. The molecule has 1 atom stereocenters. The topological polar surface area (TPSA) is 155 Å². The highest BCUT2D eigenvalue weighted by Crippen LogP contribution is 2.48. The maximum Gasteiger partial charge on any atom is 0.271 e. The molecule has 0 aliphatic carbocycles. The smallest absolute Gasteiger partial charge is 0.271 e. The van der Waals surface area contributed by atoms with Gasteiger partial charge in [0.15, 0.2) is 11.5 Å². The number of hydrogen-bond donors (Lipinski definition) is 3. The fourth-order valence-electron chi connectivity index (χ4n) is 4.68. The Bertz CT molecular complexity index is 1240. The number of amides is 1. The number of nitrogens with two attached hydrogens (primary N) is 3. The van der Waals surface area contributed by atoms with Gasteiger partial charge in [0.05, 0.1) is 22.5 Å². The molecule has 1 amide bonds. The molecule has 0 radical (unpaired) electrons. The first-order valence-electron chi connectivity index (χ1n) is 10.6. The molecule has 6 N–H and O–H groups in total. The minimum absolute atomic E-state index is 0.0384. The summed E-state index contributed by atoms with van der Waals surface area (Å²) in [6.07, 6.45) is 5.08. The Morgan fingerprint density at radius 1 is 1.24 bits per heavy atom. The van der Waals surface area contributed by atoms with Crippen LogP contribution in [0.1, 0.15) is 40.8 Å². The molecule has 33 heavy (non-hydrogen) atoms. The highest BCUT2D eigenvalue weighted by atomic mass is 35.5. The molecule has 5 heterocycles. The Morgan fingerprint density at radius 2 is 2.00 bits per heavy atom. The van der Waals surface area contributed by atoms with E-state index in [-0.39, 0.29) is 23.0 Å². The van der Waals surface area contributed by atoms with Gasteiger partial charge in [0.2, 0.25) is 0 Å². The zero-order valence-electron chi connectivity index (χ0n) is 18.0. The third-order valence-corrected chi connectivity index (χ3v) is 8.23. The molecule has 3 aromatic rings. The lowest BCUT2D eigenvalue weighted by Crippen LogP contribution is -2.45. The van der Waals surface area contributed by atoms with E-state index in [0.717, 1.165) is 25.1 Å². The lowest BCUT2D eigenvalue weighted by molar-refractivity contribution is 0.0994. The van der Waals surface area contributed by atoms with Crippen LogP contribution in [0.15, 0.2) is 34.4 Å². The number of primary amides is 1. The first kappa shape index (κ1) is 21.9. The van der Waals surface area contributed by atoms with Gasteiger partial charge in [0, 0.05) is 42.3 Å². The number of rotatable bonds is 4. The van der Waals surface area contributed by atoms with Crippen LogP contribution in [0.25, 0.3) is 0 Å². The van der Waals surface area contributed by atoms with Crippen molar-refractivity contribution < 1.29 is 4.79 Å². The minimum Gasteiger partial charge on any atom is -0.382 e. The number of piperidine rings is 1. The molecule has 0 unspecified atom stereocenters. The Labute approximate surface area is 199 Å². The summed E-state index contributed by atoms with van der Waals surface area (Å²) in [6, 6.07) is 3.68. The molecule has 0 aromatic carbocycles. The van der Waals surface area contributed by atoms with Gasteiger partial charge >= 0.3 is 0 Å². The van der Waals surface area contributed by atoms with Gasteiger partial charge in [-0.1, -0.05) is 23.4 Å². The molecule has 2 aliphatic heterocycles. The van der Waals surface area contributed by atoms with Crippen LogP contribution in [0.3, 0.4) is 0 Å². The van der Waals surface area contributed by atoms with E-state index >= 15 is 0 Å². The number of carbonyl (C=O) groups excluding carboxylic acids is 1. The average molecular weight is 486 g/mol. The number of anilines is 2. The molecule has 0 bridgehead atoms. The number of fused-ring (bicyclic) bond motifs is 1. The van der Waals surface area contributed by atoms with Gasteiger partial charge in [-0.15, -0.1) is 0 Å². The molecule has 1 saturated heterocycles. The molecule has 1 fully saturated rings. The zero-order valence-corrected chi connectivity index (χ0v) is 19.6. The van der Waals surface area contributed by atoms with Crippen molar-refractivity contribution in [2.75, 3.05) is 23.7 Å². The van der Waals surface area contributed by atoms with Crippen LogP contribution in [0, 0.1) is 12.3 Å². The number of halogens is 1. The summed E-state index contributed by atoms with van der Waals surface area (Å²) in [6.45, 7) is 4.06. The Hall–Kier alpha value is -2.89. The van der Waals surface area contributed by atoms with Crippen LogP contribution >= 0.6 is 23.4 Å². The van der Waals surface area contributed by atoms with Crippen molar-refractivity contribution in [1.82, 2.24) is 24.7 Å². The second-order valence-electron chi connectivity index (χ2n) is 8.50. The predicted octanol–water partition coefficient (Wildman–Crippen LogP) is 2.16. The molecule has 0 saturated carbocycles. The number of hydrogen-bond acceptors (Lipinski definition) is 9. The standard InChI is InChI=1S/C21H24ClN9OS/c1-11-20(33-13-3-6-26-17(24)14(13)22)29-15(18(25)32)19(28-11)30-8-4-21(5-9-30)10-31-12(16(21)23)2-7-27-31/h2-3,6-7,16H,4-5,8-10,23H2,1H3,(H2,24,26)(H2,25,32)/t16-/m0/s1. The van der Waals surface area contributed by atoms with Crippen LogP contribution in [0.4, 0.5) is 11.6 Å². The molecule has 10 nitrogen and oxygen atoms in total. The van der Waals surface area contributed by atoms with Crippen molar-refractivity contribution >= 4 is 40.9 Å². The predicted molar refractivity (Wildman–Crippen MR) is 126 cm³/mol. The molecule has 3 aromatic heterocycles. The number of aromatic nitrogens is 5. The highest BCUT2D eigenvalue weighted by molar-refractivity contribution is 7.99. The molecule has 5 rings (SSSR count). The van der Waals surface area contributed by atoms with E-state index in [9.17, 15) is 4.79 Å². The maximum absolute atomic E-state index is 12.3. The quantitative estimate of drug-likeness (QED) is 0.504. The molecular formula is C21H24ClN9OS. The van der Waals surface area contributed by atoms with Gasteiger partial charge in [-0.25, -0.2) is 15.0 Å². The van der Waals surface area contributed by atoms with Gasteiger partial charge in [0.1, 0.15) is 10.8 Å². The minimum atomic E-state index is -0.627. The Balaban J connectivity index is 1.40. The zero-order chi connectivity index (χ0) is 23.3. The van der Waals surface area contributed by atoms with Crippen molar-refractivity contribution in [3.8, 4) is 0 Å². The molecule has 1 spiro atoms. The SMILES string of the molecule is Cc1nc(N2CCC3(CC2)Cn2nccc2[C@@H]3N)c(C(N)=O)nc1Sc1ccnc(N)c1Cl. The number of pyridine rings is 1. The fraction of sp³-hybridized carbons (Fsp3) is 0.381. The van der Waals surface area contributed by atoms with Gasteiger partial charge in [0.25, 0.3) is 5.91 Å². The van der Waals surface area contributed by atoms with E-state index in [2.05, 4.69) is 20.0 Å². The first-order chi connectivity index (χ1) is 15.8. The number of carbonyl (C=O) groups is 1. The van der Waals surface area contributed by atoms with Crippen LogP contribution in [0.2, 0.25) is 5.02 Å². The maximum atomic E-state index is 12.3. The van der Waals surface area contributed by atoms with Gasteiger partial charge in [-0.05, 0) is 31.9 Å². The van der Waals surface area contributed by atoms with Crippen LogP contribution < -0.4 is 22.1 Å². The van der Waals surface area contributed by atoms with E-state index in [4.69, 9.17) is 33.8 Å². The largest absolute Gasteiger partial charge is 0.382 e. The normalized spacial score (nSPS) is 19.1. The van der Waals surface area contributed by atoms with E-state index in [1.54, 1.807) is 18.5 Å². The van der Waals surface area contributed by atoms with E-state index in [1.807, 2.05) is 17.7 Å². The monoisotopic (exact) mass is 485 g/mol. The third-order valence-electron chi connectivity index (χ3n) is 6.58. The Morgan fingerprint density at radius 3 is 2.70 bits per heavy atom. The van der Waals surface area contributed by atoms with E-state index in [0.29, 0.717) is 39.5 Å². The summed E-state index contributed by atoms with van der Waals surface area (Å²) in [7, 11) is 0. The highest BCUT2D eigenvalue weighted by Gasteiger charge is 2.47. The summed E-state index contributed by atoms with van der Waals surface area (Å²) in [5.41, 5.74) is 20.0. The summed E-state index contributed by atoms with van der Waals surface area (Å²) in [4.78, 5) is 28.3. The van der Waals surface area contributed by atoms with Gasteiger partial charge < -0.3 is 22.1 Å². The van der Waals surface area contributed by atoms with Crippen LogP contribution in [0.5, 0.6) is 0 Å². The van der Waals surface area contributed by atoms with Crippen LogP contribution in [-0.2, 0) is 6.54 Å². The summed E-state index contributed by atoms with van der Waals surface area (Å²) >= 11 is 7.55. The second-order valence-corrected chi connectivity index (χ2v) is 9.91. The van der Waals surface area contributed by atoms with Crippen molar-refractivity contribution in [2.24, 2.45) is 16.9 Å². The lowest BCUT2D eigenvalue weighted by atomic mass is 9.73. The number of nitrogens with zero attached hydrogens (tertiary/aromatic N) is 6. The van der Waals surface area contributed by atoms with Gasteiger partial charge in [-0.3, -0.25) is 9.48 Å². The van der Waals surface area contributed by atoms with Crippen molar-refractivity contribution in [3.05, 3.63) is 46.6 Å². The first-order valence-corrected chi connectivity index (χ1v) is 11.8. The molecule has 172 valence electrons. The van der Waals surface area contributed by atoms with E-state index < -0.39 is 5.91 Å². The summed E-state index contributed by atoms with van der Waals surface area (Å²) in [5.74, 6) is 0.106. The summed E-state index contributed by atoms with van der Waals surface area (Å²) < 4.78 is 2.00. The van der Waals surface area contributed by atoms with Crippen molar-refractivity contribution in [1.29, 1.82) is 0 Å². The third kappa shape index (κ3) is 3.69. The van der Waals surface area contributed by atoms with E-state index in [1.165, 1.54) is 11.8 Å². The molecule has 12 heteroatoms. The number of nitrogen functional groups attached to an aromatic ring is 1. The van der Waals surface area contributed by atoms with Crippen LogP contribution in [-0.4, -0.2) is 43.7 Å². The summed E-state index contributed by atoms with van der Waals surface area (Å²) in [5, 5.41) is 5.27. The van der Waals surface area contributed by atoms with Crippen molar-refractivity contribution in [2.45, 2.75) is 42.3 Å². The fourth-order valence-corrected chi connectivity index (χ4v) is 5.77. The Kier molecular flexibility index (Phi) is 5.42. The lowest BCUT2D eigenvalue weighted by Gasteiger charge is -2.42.